The molecule has 2 aromatic carbocycles. The molecule has 2 aromatic rings. The van der Waals surface area contributed by atoms with Crippen LogP contribution in [-0.4, -0.2) is 18.7 Å². The molecule has 7 heteroatoms. The normalized spacial score (nSPS) is 11.2. The first-order valence-corrected chi connectivity index (χ1v) is 7.93. The number of hydrogen-bond acceptors (Lipinski definition) is 4. The van der Waals surface area contributed by atoms with Crippen LogP contribution in [0.25, 0.3) is 0 Å². The van der Waals surface area contributed by atoms with Gasteiger partial charge >= 0.3 is 0 Å². The molecule has 0 saturated carbocycles. The number of benzene rings is 2. The highest BCUT2D eigenvalue weighted by atomic mass is 35.5. The standard InChI is InChI=1S/C18H18ClFN2O3/c1-24-22-17(18(21)23)9-6-12-4-2-3-5-13(12)11-25-14-7-8-16(20)15(19)10-14/h2-5,7-8,10H,6,9,11H2,1H3,(H2,21,23). The van der Waals surface area contributed by atoms with Gasteiger partial charge in [-0.15, -0.1) is 0 Å². The van der Waals surface area contributed by atoms with Crippen LogP contribution in [0.4, 0.5) is 4.39 Å². The largest absolute Gasteiger partial charge is 0.489 e. The maximum absolute atomic E-state index is 13.2. The summed E-state index contributed by atoms with van der Waals surface area (Å²) in [6, 6.07) is 11.8. The van der Waals surface area contributed by atoms with E-state index in [1.54, 1.807) is 0 Å². The van der Waals surface area contributed by atoms with Crippen molar-refractivity contribution < 1.29 is 18.8 Å². The lowest BCUT2D eigenvalue weighted by atomic mass is 10.0. The van der Waals surface area contributed by atoms with Crippen molar-refractivity contribution in [3.05, 3.63) is 64.4 Å². The number of carbonyl (C=O) groups is 1. The van der Waals surface area contributed by atoms with Crippen LogP contribution < -0.4 is 10.5 Å². The van der Waals surface area contributed by atoms with Gasteiger partial charge in [-0.2, -0.15) is 0 Å². The summed E-state index contributed by atoms with van der Waals surface area (Å²) < 4.78 is 18.9. The highest BCUT2D eigenvalue weighted by Crippen LogP contribution is 2.22. The van der Waals surface area contributed by atoms with Gasteiger partial charge in [0, 0.05) is 12.5 Å². The Morgan fingerprint density at radius 1 is 1.24 bits per heavy atom. The van der Waals surface area contributed by atoms with Crippen LogP contribution in [0.1, 0.15) is 17.5 Å². The molecule has 0 unspecified atom stereocenters. The molecule has 0 aliphatic carbocycles. The second-order valence-corrected chi connectivity index (χ2v) is 5.63. The minimum absolute atomic E-state index is 0.00709. The van der Waals surface area contributed by atoms with Crippen molar-refractivity contribution in [2.45, 2.75) is 19.4 Å². The third-order valence-electron chi connectivity index (χ3n) is 3.52. The Hall–Kier alpha value is -2.60. The molecule has 2 N–H and O–H groups in total. The average Bonchev–Trinajstić information content (AvgIpc) is 2.60. The maximum Gasteiger partial charge on any atom is 0.266 e. The lowest BCUT2D eigenvalue weighted by Crippen LogP contribution is -2.24. The number of halogens is 2. The third-order valence-corrected chi connectivity index (χ3v) is 3.81. The predicted molar refractivity (Wildman–Crippen MR) is 94.1 cm³/mol. The summed E-state index contributed by atoms with van der Waals surface area (Å²) in [6.45, 7) is 0.283. The summed E-state index contributed by atoms with van der Waals surface area (Å²) in [5.74, 6) is -0.637. The van der Waals surface area contributed by atoms with Crippen LogP contribution in [0.3, 0.4) is 0 Å². The molecule has 0 atom stereocenters. The number of primary amides is 1. The van der Waals surface area contributed by atoms with Gasteiger partial charge in [-0.05, 0) is 29.7 Å². The van der Waals surface area contributed by atoms with E-state index in [0.29, 0.717) is 18.6 Å². The molecule has 0 aromatic heterocycles. The molecule has 0 spiro atoms. The Balaban J connectivity index is 2.05. The van der Waals surface area contributed by atoms with Crippen LogP contribution in [0, 0.1) is 5.82 Å². The number of nitrogens with zero attached hydrogens (tertiary/aromatic N) is 1. The first kappa shape index (κ1) is 18.7. The molecule has 1 amide bonds. The highest BCUT2D eigenvalue weighted by Gasteiger charge is 2.11. The van der Waals surface area contributed by atoms with Crippen LogP contribution in [0.5, 0.6) is 5.75 Å². The van der Waals surface area contributed by atoms with Crippen molar-refractivity contribution in [3.63, 3.8) is 0 Å². The van der Waals surface area contributed by atoms with Gasteiger partial charge in [0.05, 0.1) is 5.02 Å². The number of oxime groups is 1. The number of aryl methyl sites for hydroxylation is 1. The van der Waals surface area contributed by atoms with Gasteiger partial charge in [-0.3, -0.25) is 4.79 Å². The summed E-state index contributed by atoms with van der Waals surface area (Å²) in [5.41, 5.74) is 7.36. The molecule has 0 radical (unpaired) electrons. The van der Waals surface area contributed by atoms with Gasteiger partial charge in [0.25, 0.3) is 5.91 Å². The number of amides is 1. The van der Waals surface area contributed by atoms with E-state index in [1.807, 2.05) is 24.3 Å². The summed E-state index contributed by atoms with van der Waals surface area (Å²) >= 11 is 5.75. The predicted octanol–water partition coefficient (Wildman–Crippen LogP) is 3.48. The Morgan fingerprint density at radius 3 is 2.60 bits per heavy atom. The molecular weight excluding hydrogens is 347 g/mol. The number of rotatable bonds is 8. The zero-order chi connectivity index (χ0) is 18.2. The molecule has 0 bridgehead atoms. The fraction of sp³-hybridized carbons (Fsp3) is 0.222. The number of ether oxygens (including phenoxy) is 1. The molecular formula is C18H18ClFN2O3. The molecule has 132 valence electrons. The minimum atomic E-state index is -0.614. The minimum Gasteiger partial charge on any atom is -0.489 e. The Kier molecular flexibility index (Phi) is 6.77. The van der Waals surface area contributed by atoms with Crippen molar-refractivity contribution >= 4 is 23.2 Å². The molecule has 0 fully saturated rings. The first-order valence-electron chi connectivity index (χ1n) is 7.55. The van der Waals surface area contributed by atoms with Gasteiger partial charge in [-0.1, -0.05) is 41.0 Å². The van der Waals surface area contributed by atoms with E-state index in [-0.39, 0.29) is 17.3 Å². The van der Waals surface area contributed by atoms with Gasteiger partial charge in [0.15, 0.2) is 0 Å². The zero-order valence-corrected chi connectivity index (χ0v) is 14.4. The first-order chi connectivity index (χ1) is 12.0. The lowest BCUT2D eigenvalue weighted by molar-refractivity contribution is -0.112. The average molecular weight is 365 g/mol. The molecule has 0 aliphatic heterocycles. The summed E-state index contributed by atoms with van der Waals surface area (Å²) in [6.07, 6.45) is 0.900. The van der Waals surface area contributed by atoms with E-state index in [0.717, 1.165) is 11.1 Å². The zero-order valence-electron chi connectivity index (χ0n) is 13.7. The monoisotopic (exact) mass is 364 g/mol. The van der Waals surface area contributed by atoms with E-state index in [4.69, 9.17) is 22.1 Å². The maximum atomic E-state index is 13.2. The van der Waals surface area contributed by atoms with Crippen molar-refractivity contribution in [3.8, 4) is 5.75 Å². The molecule has 5 nitrogen and oxygen atoms in total. The van der Waals surface area contributed by atoms with Crippen LogP contribution in [-0.2, 0) is 22.7 Å². The van der Waals surface area contributed by atoms with E-state index < -0.39 is 11.7 Å². The molecule has 25 heavy (non-hydrogen) atoms. The van der Waals surface area contributed by atoms with Gasteiger partial charge in [0.1, 0.15) is 31.0 Å². The summed E-state index contributed by atoms with van der Waals surface area (Å²) in [5, 5.41) is 3.65. The Morgan fingerprint density at radius 2 is 1.96 bits per heavy atom. The molecule has 0 heterocycles. The van der Waals surface area contributed by atoms with Gasteiger partial charge in [-0.25, -0.2) is 4.39 Å². The number of hydrogen-bond donors (Lipinski definition) is 1. The van der Waals surface area contributed by atoms with Crippen molar-refractivity contribution in [1.29, 1.82) is 0 Å². The number of nitrogens with two attached hydrogens (primary N) is 1. The van der Waals surface area contributed by atoms with E-state index in [9.17, 15) is 9.18 Å². The third kappa shape index (κ3) is 5.46. The molecule has 2 rings (SSSR count). The fourth-order valence-electron chi connectivity index (χ4n) is 2.25. The number of carbonyl (C=O) groups excluding carboxylic acids is 1. The van der Waals surface area contributed by atoms with Gasteiger partial charge in [0.2, 0.25) is 0 Å². The highest BCUT2D eigenvalue weighted by molar-refractivity contribution is 6.38. The lowest BCUT2D eigenvalue weighted by Gasteiger charge is -2.11. The molecule has 0 aliphatic rings. The quantitative estimate of drug-likeness (QED) is 0.575. The van der Waals surface area contributed by atoms with E-state index >= 15 is 0 Å². The Labute approximate surface area is 150 Å². The topological polar surface area (TPSA) is 73.9 Å². The summed E-state index contributed by atoms with van der Waals surface area (Å²) in [7, 11) is 1.36. The Bertz CT molecular complexity index is 781. The van der Waals surface area contributed by atoms with E-state index in [1.165, 1.54) is 25.3 Å². The van der Waals surface area contributed by atoms with Crippen LogP contribution in [0.15, 0.2) is 47.6 Å². The van der Waals surface area contributed by atoms with Crippen molar-refractivity contribution in [2.75, 3.05) is 7.11 Å². The second kappa shape index (κ2) is 9.03. The second-order valence-electron chi connectivity index (χ2n) is 5.22. The summed E-state index contributed by atoms with van der Waals surface area (Å²) in [4.78, 5) is 15.9. The van der Waals surface area contributed by atoms with E-state index in [2.05, 4.69) is 9.99 Å². The fourth-order valence-corrected chi connectivity index (χ4v) is 2.42. The van der Waals surface area contributed by atoms with Crippen LogP contribution in [0.2, 0.25) is 5.02 Å². The smallest absolute Gasteiger partial charge is 0.266 e. The van der Waals surface area contributed by atoms with Crippen molar-refractivity contribution in [1.82, 2.24) is 0 Å². The SMILES string of the molecule is CON=C(CCc1ccccc1COc1ccc(F)c(Cl)c1)C(N)=O. The van der Waals surface area contributed by atoms with Crippen LogP contribution >= 0.6 is 11.6 Å². The van der Waals surface area contributed by atoms with Crippen molar-refractivity contribution in [2.24, 2.45) is 10.9 Å². The molecule has 0 saturated heterocycles. The van der Waals surface area contributed by atoms with Gasteiger partial charge < -0.3 is 15.3 Å².